The van der Waals surface area contributed by atoms with Crippen LogP contribution in [0.15, 0.2) is 30.5 Å². The molecule has 1 aromatic heterocycles. The Balaban J connectivity index is 2.39. The summed E-state index contributed by atoms with van der Waals surface area (Å²) in [7, 11) is 6.50. The van der Waals surface area contributed by atoms with Crippen molar-refractivity contribution in [3.63, 3.8) is 0 Å². The second kappa shape index (κ2) is 7.54. The monoisotopic (exact) mass is 332 g/mol. The van der Waals surface area contributed by atoms with Crippen LogP contribution in [0.2, 0.25) is 0 Å². The molecule has 2 aromatic rings. The van der Waals surface area contributed by atoms with E-state index in [9.17, 15) is 4.79 Å². The van der Waals surface area contributed by atoms with Crippen LogP contribution < -0.4 is 19.1 Å². The fourth-order valence-electron chi connectivity index (χ4n) is 2.31. The lowest BCUT2D eigenvalue weighted by Gasteiger charge is -2.22. The van der Waals surface area contributed by atoms with Crippen LogP contribution in [0.25, 0.3) is 0 Å². The molecule has 0 amide bonds. The molecule has 1 aromatic carbocycles. The van der Waals surface area contributed by atoms with Crippen LogP contribution in [0.1, 0.15) is 5.56 Å². The zero-order valence-corrected chi connectivity index (χ0v) is 14.1. The van der Waals surface area contributed by atoms with Crippen LogP contribution in [0, 0.1) is 0 Å². The maximum atomic E-state index is 10.9. The summed E-state index contributed by atoms with van der Waals surface area (Å²) in [5, 5.41) is 8.94. The minimum atomic E-state index is -0.937. The number of ether oxygens (including phenoxy) is 3. The minimum absolute atomic E-state index is 0.147. The number of carboxylic acids is 1. The largest absolute Gasteiger partial charge is 0.497 e. The van der Waals surface area contributed by atoms with Gasteiger partial charge in [0.2, 0.25) is 0 Å². The molecular formula is C17H20N2O5. The predicted molar refractivity (Wildman–Crippen MR) is 89.7 cm³/mol. The first-order valence-electron chi connectivity index (χ1n) is 7.20. The maximum absolute atomic E-state index is 10.9. The Hall–Kier alpha value is -2.96. The number of anilines is 2. The molecule has 24 heavy (non-hydrogen) atoms. The van der Waals surface area contributed by atoms with E-state index in [0.29, 0.717) is 28.6 Å². The van der Waals surface area contributed by atoms with Crippen molar-refractivity contribution in [3.8, 4) is 17.2 Å². The van der Waals surface area contributed by atoms with Gasteiger partial charge in [0.05, 0.1) is 33.4 Å². The third-order valence-corrected chi connectivity index (χ3v) is 3.58. The van der Waals surface area contributed by atoms with E-state index in [1.807, 2.05) is 24.1 Å². The van der Waals surface area contributed by atoms with Crippen LogP contribution in [-0.4, -0.2) is 44.4 Å². The summed E-state index contributed by atoms with van der Waals surface area (Å²) in [6.07, 6.45) is 1.36. The summed E-state index contributed by atoms with van der Waals surface area (Å²) < 4.78 is 15.9. The Morgan fingerprint density at radius 2 is 1.83 bits per heavy atom. The number of hydrogen-bond acceptors (Lipinski definition) is 6. The van der Waals surface area contributed by atoms with Gasteiger partial charge in [0, 0.05) is 30.9 Å². The van der Waals surface area contributed by atoms with E-state index in [1.165, 1.54) is 13.3 Å². The van der Waals surface area contributed by atoms with Crippen molar-refractivity contribution in [3.05, 3.63) is 36.0 Å². The van der Waals surface area contributed by atoms with Gasteiger partial charge in [-0.2, -0.15) is 0 Å². The zero-order valence-electron chi connectivity index (χ0n) is 14.1. The van der Waals surface area contributed by atoms with Crippen LogP contribution in [0.4, 0.5) is 11.5 Å². The van der Waals surface area contributed by atoms with E-state index in [-0.39, 0.29) is 6.42 Å². The summed E-state index contributed by atoms with van der Waals surface area (Å²) in [4.78, 5) is 17.1. The van der Waals surface area contributed by atoms with Gasteiger partial charge in [-0.1, -0.05) is 0 Å². The van der Waals surface area contributed by atoms with E-state index in [4.69, 9.17) is 19.3 Å². The molecule has 1 heterocycles. The van der Waals surface area contributed by atoms with Gasteiger partial charge in [-0.3, -0.25) is 4.79 Å². The van der Waals surface area contributed by atoms with Gasteiger partial charge in [0.15, 0.2) is 0 Å². The SMILES string of the molecule is COc1ccc(N(C)c2cc(OC)c(CC(=O)O)cn2)c(OC)c1. The molecule has 0 unspecified atom stereocenters. The molecule has 0 atom stereocenters. The zero-order chi connectivity index (χ0) is 17.7. The molecule has 1 N–H and O–H groups in total. The Labute approximate surface area is 140 Å². The highest BCUT2D eigenvalue weighted by molar-refractivity contribution is 5.73. The fourth-order valence-corrected chi connectivity index (χ4v) is 2.31. The summed E-state index contributed by atoms with van der Waals surface area (Å²) in [5.74, 6) is 1.46. The molecule has 0 saturated carbocycles. The van der Waals surface area contributed by atoms with Crippen molar-refractivity contribution in [1.82, 2.24) is 4.98 Å². The summed E-state index contributed by atoms with van der Waals surface area (Å²) >= 11 is 0. The van der Waals surface area contributed by atoms with Gasteiger partial charge in [0.1, 0.15) is 23.1 Å². The predicted octanol–water partition coefficient (Wildman–Crippen LogP) is 2.50. The number of pyridine rings is 1. The second-order valence-corrected chi connectivity index (χ2v) is 5.02. The van der Waals surface area contributed by atoms with Gasteiger partial charge in [-0.25, -0.2) is 4.98 Å². The fraction of sp³-hybridized carbons (Fsp3) is 0.294. The van der Waals surface area contributed by atoms with Crippen molar-refractivity contribution >= 4 is 17.5 Å². The molecule has 2 rings (SSSR count). The van der Waals surface area contributed by atoms with Crippen LogP contribution >= 0.6 is 0 Å². The van der Waals surface area contributed by atoms with Crippen molar-refractivity contribution in [2.75, 3.05) is 33.3 Å². The van der Waals surface area contributed by atoms with E-state index < -0.39 is 5.97 Å². The number of methoxy groups -OCH3 is 3. The number of aliphatic carboxylic acids is 1. The summed E-state index contributed by atoms with van der Waals surface area (Å²) in [6, 6.07) is 7.16. The lowest BCUT2D eigenvalue weighted by molar-refractivity contribution is -0.136. The van der Waals surface area contributed by atoms with Crippen molar-refractivity contribution in [2.24, 2.45) is 0 Å². The molecule has 128 valence electrons. The third kappa shape index (κ3) is 3.68. The number of rotatable bonds is 7. The van der Waals surface area contributed by atoms with Gasteiger partial charge < -0.3 is 24.2 Å². The van der Waals surface area contributed by atoms with Crippen molar-refractivity contribution in [2.45, 2.75) is 6.42 Å². The number of carboxylic acid groups (broad SMARTS) is 1. The van der Waals surface area contributed by atoms with Crippen LogP contribution in [0.5, 0.6) is 17.2 Å². The average Bonchev–Trinajstić information content (AvgIpc) is 2.60. The highest BCUT2D eigenvalue weighted by Crippen LogP contribution is 2.36. The highest BCUT2D eigenvalue weighted by Gasteiger charge is 2.15. The van der Waals surface area contributed by atoms with E-state index in [2.05, 4.69) is 4.98 Å². The first kappa shape index (κ1) is 17.4. The molecule has 0 aliphatic heterocycles. The van der Waals surface area contributed by atoms with Gasteiger partial charge in [-0.15, -0.1) is 0 Å². The highest BCUT2D eigenvalue weighted by atomic mass is 16.5. The molecule has 0 aliphatic rings. The lowest BCUT2D eigenvalue weighted by atomic mass is 10.2. The molecule has 0 fully saturated rings. The van der Waals surface area contributed by atoms with Crippen LogP contribution in [-0.2, 0) is 11.2 Å². The molecule has 0 spiro atoms. The quantitative estimate of drug-likeness (QED) is 0.834. The smallest absolute Gasteiger partial charge is 0.308 e. The molecular weight excluding hydrogens is 312 g/mol. The number of hydrogen-bond donors (Lipinski definition) is 1. The van der Waals surface area contributed by atoms with E-state index in [0.717, 1.165) is 5.69 Å². The van der Waals surface area contributed by atoms with E-state index >= 15 is 0 Å². The number of carbonyl (C=O) groups is 1. The molecule has 0 radical (unpaired) electrons. The Bertz CT molecular complexity index is 733. The Kier molecular flexibility index (Phi) is 5.47. The van der Waals surface area contributed by atoms with Gasteiger partial charge in [0.25, 0.3) is 0 Å². The molecule has 7 heteroatoms. The van der Waals surface area contributed by atoms with Crippen molar-refractivity contribution in [1.29, 1.82) is 0 Å². The number of nitrogens with zero attached hydrogens (tertiary/aromatic N) is 2. The lowest BCUT2D eigenvalue weighted by Crippen LogP contribution is -2.13. The summed E-state index contributed by atoms with van der Waals surface area (Å²) in [5.41, 5.74) is 1.31. The molecule has 7 nitrogen and oxygen atoms in total. The maximum Gasteiger partial charge on any atom is 0.308 e. The topological polar surface area (TPSA) is 81.1 Å². The molecule has 0 saturated heterocycles. The van der Waals surface area contributed by atoms with Crippen molar-refractivity contribution < 1.29 is 24.1 Å². The van der Waals surface area contributed by atoms with E-state index in [1.54, 1.807) is 26.4 Å². The second-order valence-electron chi connectivity index (χ2n) is 5.02. The van der Waals surface area contributed by atoms with Gasteiger partial charge >= 0.3 is 5.97 Å². The first-order valence-corrected chi connectivity index (χ1v) is 7.20. The number of benzene rings is 1. The minimum Gasteiger partial charge on any atom is -0.497 e. The molecule has 0 aliphatic carbocycles. The average molecular weight is 332 g/mol. The van der Waals surface area contributed by atoms with Crippen LogP contribution in [0.3, 0.4) is 0 Å². The standard InChI is InChI=1S/C17H20N2O5/c1-19(13-6-5-12(22-2)8-15(13)24-4)16-9-14(23-3)11(10-18-16)7-17(20)21/h5-6,8-10H,7H2,1-4H3,(H,20,21). The third-order valence-electron chi connectivity index (χ3n) is 3.58. The molecule has 0 bridgehead atoms. The normalized spacial score (nSPS) is 10.2. The number of aromatic nitrogens is 1. The Morgan fingerprint density at radius 1 is 1.12 bits per heavy atom. The first-order chi connectivity index (χ1) is 11.5. The summed E-state index contributed by atoms with van der Waals surface area (Å²) in [6.45, 7) is 0. The Morgan fingerprint density at radius 3 is 2.42 bits per heavy atom. The van der Waals surface area contributed by atoms with Gasteiger partial charge in [-0.05, 0) is 12.1 Å².